The second kappa shape index (κ2) is 7.78. The molecule has 4 atom stereocenters. The minimum atomic E-state index is -0.795. The third kappa shape index (κ3) is 3.49. The molecule has 4 rings (SSSR count). The standard InChI is InChI=1S/C18H23N3O2.C2H6O/c1-10(22)20-18(23)12-6-14-13-4-3-5-15-17(13)11(8-19-15)7-16(14)21(2)9-12;1-2-3/h3-5,8,10,12,14,16,19,22H,6-7,9H2,1-2H3,(H,20,23);3H,2H2,1H3. The molecule has 0 saturated carbocycles. The number of fused-ring (bicyclic) bond motifs is 2. The lowest BCUT2D eigenvalue weighted by atomic mass is 9.72. The van der Waals surface area contributed by atoms with Gasteiger partial charge in [-0.1, -0.05) is 12.1 Å². The van der Waals surface area contributed by atoms with E-state index in [1.165, 1.54) is 22.0 Å². The zero-order valence-corrected chi connectivity index (χ0v) is 15.7. The molecule has 142 valence electrons. The average molecular weight is 359 g/mol. The first-order valence-corrected chi connectivity index (χ1v) is 9.34. The molecule has 1 aromatic heterocycles. The summed E-state index contributed by atoms with van der Waals surface area (Å²) < 4.78 is 0. The van der Waals surface area contributed by atoms with Crippen LogP contribution in [0.1, 0.15) is 37.3 Å². The molecule has 6 heteroatoms. The first kappa shape index (κ1) is 18.9. The number of aromatic amines is 1. The number of hydrogen-bond donors (Lipinski definition) is 4. The largest absolute Gasteiger partial charge is 0.397 e. The van der Waals surface area contributed by atoms with Crippen molar-refractivity contribution in [1.82, 2.24) is 15.2 Å². The highest BCUT2D eigenvalue weighted by Crippen LogP contribution is 2.44. The third-order valence-electron chi connectivity index (χ3n) is 5.45. The smallest absolute Gasteiger partial charge is 0.226 e. The molecule has 1 aliphatic heterocycles. The maximum atomic E-state index is 12.4. The highest BCUT2D eigenvalue weighted by atomic mass is 16.3. The van der Waals surface area contributed by atoms with Crippen molar-refractivity contribution in [1.29, 1.82) is 0 Å². The molecule has 0 spiro atoms. The first-order valence-electron chi connectivity index (χ1n) is 9.34. The minimum Gasteiger partial charge on any atom is -0.397 e. The Kier molecular flexibility index (Phi) is 5.65. The Labute approximate surface area is 154 Å². The van der Waals surface area contributed by atoms with Gasteiger partial charge in [0.1, 0.15) is 6.23 Å². The van der Waals surface area contributed by atoms with Gasteiger partial charge in [0.25, 0.3) is 0 Å². The van der Waals surface area contributed by atoms with Gasteiger partial charge in [-0.3, -0.25) is 4.79 Å². The van der Waals surface area contributed by atoms with Crippen LogP contribution in [0.2, 0.25) is 0 Å². The summed E-state index contributed by atoms with van der Waals surface area (Å²) in [6.07, 6.45) is 3.21. The molecule has 1 aromatic carbocycles. The third-order valence-corrected chi connectivity index (χ3v) is 5.45. The van der Waals surface area contributed by atoms with E-state index < -0.39 is 6.23 Å². The SMILES string of the molecule is CC(O)NC(=O)C1CC2c3cccc4[nH]cc(c34)CC2N(C)C1.CCO. The van der Waals surface area contributed by atoms with Crippen LogP contribution in [0.25, 0.3) is 10.9 Å². The van der Waals surface area contributed by atoms with Gasteiger partial charge in [0.05, 0.1) is 5.92 Å². The Hall–Kier alpha value is -1.89. The van der Waals surface area contributed by atoms with E-state index >= 15 is 0 Å². The van der Waals surface area contributed by atoms with Crippen molar-refractivity contribution in [2.24, 2.45) is 5.92 Å². The van der Waals surface area contributed by atoms with Crippen LogP contribution in [0.5, 0.6) is 0 Å². The summed E-state index contributed by atoms with van der Waals surface area (Å²) in [5, 5.41) is 21.0. The van der Waals surface area contributed by atoms with Crippen molar-refractivity contribution in [2.75, 3.05) is 20.2 Å². The molecule has 6 nitrogen and oxygen atoms in total. The number of likely N-dealkylation sites (tertiary alicyclic amines) is 1. The van der Waals surface area contributed by atoms with Crippen molar-refractivity contribution in [3.63, 3.8) is 0 Å². The predicted octanol–water partition coefficient (Wildman–Crippen LogP) is 1.58. The number of nitrogens with one attached hydrogen (secondary N) is 2. The molecule has 2 heterocycles. The van der Waals surface area contributed by atoms with Crippen LogP contribution in [0.15, 0.2) is 24.4 Å². The molecule has 4 unspecified atom stereocenters. The predicted molar refractivity (Wildman–Crippen MR) is 102 cm³/mol. The molecule has 2 aliphatic rings. The zero-order chi connectivity index (χ0) is 18.8. The summed E-state index contributed by atoms with van der Waals surface area (Å²) in [5.74, 6) is 0.245. The van der Waals surface area contributed by atoms with Gasteiger partial charge >= 0.3 is 0 Å². The van der Waals surface area contributed by atoms with E-state index in [1.54, 1.807) is 13.8 Å². The van der Waals surface area contributed by atoms with Gasteiger partial charge < -0.3 is 25.4 Å². The van der Waals surface area contributed by atoms with Crippen LogP contribution < -0.4 is 5.32 Å². The first-order chi connectivity index (χ1) is 12.5. The van der Waals surface area contributed by atoms with Crippen LogP contribution in [-0.4, -0.2) is 58.5 Å². The average Bonchev–Trinajstić information content (AvgIpc) is 3.00. The van der Waals surface area contributed by atoms with E-state index in [0.717, 1.165) is 19.4 Å². The number of benzene rings is 1. The number of aromatic nitrogens is 1. The number of hydrogen-bond acceptors (Lipinski definition) is 4. The molecular formula is C20H29N3O3. The van der Waals surface area contributed by atoms with Gasteiger partial charge in [0.15, 0.2) is 0 Å². The number of amides is 1. The highest BCUT2D eigenvalue weighted by Gasteiger charge is 2.41. The minimum absolute atomic E-state index is 0.0441. The van der Waals surface area contributed by atoms with E-state index in [9.17, 15) is 9.90 Å². The number of carbonyl (C=O) groups is 1. The van der Waals surface area contributed by atoms with Crippen molar-refractivity contribution in [2.45, 2.75) is 44.9 Å². The van der Waals surface area contributed by atoms with Gasteiger partial charge in [-0.25, -0.2) is 0 Å². The second-order valence-corrected chi connectivity index (χ2v) is 7.33. The van der Waals surface area contributed by atoms with Crippen molar-refractivity contribution in [3.05, 3.63) is 35.5 Å². The Balaban J connectivity index is 0.000000613. The zero-order valence-electron chi connectivity index (χ0n) is 15.7. The molecule has 1 amide bonds. The van der Waals surface area contributed by atoms with Gasteiger partial charge in [-0.05, 0) is 50.9 Å². The van der Waals surface area contributed by atoms with E-state index in [-0.39, 0.29) is 18.4 Å². The Bertz CT molecular complexity index is 771. The number of rotatable bonds is 2. The van der Waals surface area contributed by atoms with Gasteiger partial charge in [-0.2, -0.15) is 0 Å². The molecule has 1 aliphatic carbocycles. The van der Waals surface area contributed by atoms with Gasteiger partial charge in [0.2, 0.25) is 5.91 Å². The summed E-state index contributed by atoms with van der Waals surface area (Å²) in [6.45, 7) is 4.26. The van der Waals surface area contributed by atoms with Crippen LogP contribution in [0.3, 0.4) is 0 Å². The second-order valence-electron chi connectivity index (χ2n) is 7.33. The van der Waals surface area contributed by atoms with E-state index in [1.807, 2.05) is 0 Å². The molecule has 0 radical (unpaired) electrons. The Morgan fingerprint density at radius 3 is 2.88 bits per heavy atom. The number of nitrogens with zero attached hydrogens (tertiary/aromatic N) is 1. The van der Waals surface area contributed by atoms with Crippen molar-refractivity contribution in [3.8, 4) is 0 Å². The van der Waals surface area contributed by atoms with Crippen LogP contribution in [0, 0.1) is 5.92 Å². The Morgan fingerprint density at radius 2 is 2.19 bits per heavy atom. The van der Waals surface area contributed by atoms with Gasteiger partial charge in [0, 0.05) is 42.2 Å². The molecule has 0 bridgehead atoms. The van der Waals surface area contributed by atoms with E-state index in [2.05, 4.69) is 46.6 Å². The molecule has 2 aromatic rings. The summed E-state index contributed by atoms with van der Waals surface area (Å²) in [7, 11) is 2.11. The lowest BCUT2D eigenvalue weighted by molar-refractivity contribution is -0.130. The number of piperidine rings is 1. The Morgan fingerprint density at radius 1 is 1.46 bits per heavy atom. The number of carbonyl (C=O) groups excluding carboxylic acids is 1. The van der Waals surface area contributed by atoms with Gasteiger partial charge in [-0.15, -0.1) is 0 Å². The fourth-order valence-corrected chi connectivity index (χ4v) is 4.46. The van der Waals surface area contributed by atoms with E-state index in [0.29, 0.717) is 12.0 Å². The fourth-order valence-electron chi connectivity index (χ4n) is 4.46. The molecule has 1 saturated heterocycles. The summed E-state index contributed by atoms with van der Waals surface area (Å²) in [4.78, 5) is 18.1. The molecule has 26 heavy (non-hydrogen) atoms. The number of aliphatic hydroxyl groups is 2. The monoisotopic (exact) mass is 359 g/mol. The summed E-state index contributed by atoms with van der Waals surface area (Å²) in [5.41, 5.74) is 3.93. The maximum absolute atomic E-state index is 12.4. The van der Waals surface area contributed by atoms with Crippen LogP contribution >= 0.6 is 0 Å². The fraction of sp³-hybridized carbons (Fsp3) is 0.550. The quantitative estimate of drug-likeness (QED) is 0.613. The number of H-pyrrole nitrogens is 1. The topological polar surface area (TPSA) is 88.6 Å². The molecule has 4 N–H and O–H groups in total. The van der Waals surface area contributed by atoms with Crippen molar-refractivity contribution >= 4 is 16.8 Å². The lowest BCUT2D eigenvalue weighted by Gasteiger charge is -2.45. The molecule has 1 fully saturated rings. The maximum Gasteiger partial charge on any atom is 0.226 e. The van der Waals surface area contributed by atoms with Crippen molar-refractivity contribution < 1.29 is 15.0 Å². The number of likely N-dealkylation sites (N-methyl/N-ethyl adjacent to an activating group) is 1. The number of aliphatic hydroxyl groups excluding tert-OH is 2. The summed E-state index contributed by atoms with van der Waals surface area (Å²) in [6, 6.07) is 6.87. The van der Waals surface area contributed by atoms with E-state index in [4.69, 9.17) is 5.11 Å². The lowest BCUT2D eigenvalue weighted by Crippen LogP contribution is -2.52. The highest BCUT2D eigenvalue weighted by molar-refractivity contribution is 5.88. The van der Waals surface area contributed by atoms with Crippen LogP contribution in [-0.2, 0) is 11.2 Å². The summed E-state index contributed by atoms with van der Waals surface area (Å²) >= 11 is 0. The molecular weight excluding hydrogens is 330 g/mol. The van der Waals surface area contributed by atoms with Crippen LogP contribution in [0.4, 0.5) is 0 Å². The normalized spacial score (nSPS) is 25.8.